The minimum absolute atomic E-state index is 0.256. The van der Waals surface area contributed by atoms with E-state index in [-0.39, 0.29) is 5.92 Å². The van der Waals surface area contributed by atoms with Crippen LogP contribution in [0.1, 0.15) is 124 Å². The van der Waals surface area contributed by atoms with Crippen LogP contribution in [0.3, 0.4) is 0 Å². The summed E-state index contributed by atoms with van der Waals surface area (Å²) in [6.45, 7) is 7.18. The second-order valence-corrected chi connectivity index (χ2v) is 12.0. The molecular weight excluding hydrogens is 469 g/mol. The van der Waals surface area contributed by atoms with Crippen LogP contribution in [0.4, 0.5) is 0 Å². The van der Waals surface area contributed by atoms with Crippen molar-refractivity contribution >= 4 is 28.5 Å². The molecule has 2 aliphatic carbocycles. The van der Waals surface area contributed by atoms with Crippen LogP contribution in [0, 0.1) is 23.7 Å². The monoisotopic (exact) mass is 517 g/mol. The van der Waals surface area contributed by atoms with Crippen LogP contribution in [0.25, 0.3) is 0 Å². The number of halogens is 1. The van der Waals surface area contributed by atoms with E-state index >= 15 is 0 Å². The molecule has 1 N–H and O–H groups in total. The van der Waals surface area contributed by atoms with Crippen LogP contribution in [-0.2, 0) is 4.79 Å². The van der Waals surface area contributed by atoms with E-state index in [0.29, 0.717) is 11.9 Å². The first-order valence-electron chi connectivity index (χ1n) is 12.9. The van der Waals surface area contributed by atoms with Crippen molar-refractivity contribution < 1.29 is 4.79 Å². The molecule has 0 aliphatic heterocycles. The van der Waals surface area contributed by atoms with E-state index in [1.165, 1.54) is 89.9 Å². The first kappa shape index (κ1) is 25.5. The maximum atomic E-state index is 13.2. The SMILES string of the molecule is CC[C@@H]1CCCC(C)CCCCC(NC(=O)C2CCCCC(I)C(C)CCC2)C1. The fourth-order valence-electron chi connectivity index (χ4n) is 5.53. The molecule has 0 heterocycles. The molecule has 5 unspecified atom stereocenters. The number of rotatable bonds is 3. The van der Waals surface area contributed by atoms with Gasteiger partial charge in [0.2, 0.25) is 5.91 Å². The van der Waals surface area contributed by atoms with Crippen molar-refractivity contribution in [2.24, 2.45) is 23.7 Å². The lowest BCUT2D eigenvalue weighted by molar-refractivity contribution is -0.126. The Hall–Kier alpha value is 0.200. The van der Waals surface area contributed by atoms with Crippen molar-refractivity contribution in [2.45, 2.75) is 133 Å². The molecule has 2 nitrogen and oxygen atoms in total. The van der Waals surface area contributed by atoms with E-state index in [9.17, 15) is 4.79 Å². The second kappa shape index (κ2) is 14.3. The van der Waals surface area contributed by atoms with Gasteiger partial charge in [0.15, 0.2) is 0 Å². The zero-order valence-corrected chi connectivity index (χ0v) is 21.7. The van der Waals surface area contributed by atoms with Gasteiger partial charge in [-0.2, -0.15) is 0 Å². The molecule has 2 fully saturated rings. The van der Waals surface area contributed by atoms with E-state index in [1.54, 1.807) is 0 Å². The molecule has 29 heavy (non-hydrogen) atoms. The van der Waals surface area contributed by atoms with Gasteiger partial charge in [0.05, 0.1) is 0 Å². The summed E-state index contributed by atoms with van der Waals surface area (Å²) in [5, 5.41) is 3.56. The van der Waals surface area contributed by atoms with Crippen molar-refractivity contribution in [3.63, 3.8) is 0 Å². The zero-order chi connectivity index (χ0) is 21.1. The number of amides is 1. The fraction of sp³-hybridized carbons (Fsp3) is 0.962. The number of carbonyl (C=O) groups excluding carboxylic acids is 1. The Labute approximate surface area is 195 Å². The summed E-state index contributed by atoms with van der Waals surface area (Å²) in [6, 6.07) is 0.411. The third kappa shape index (κ3) is 9.91. The molecule has 170 valence electrons. The first-order valence-corrected chi connectivity index (χ1v) is 14.2. The highest BCUT2D eigenvalue weighted by Crippen LogP contribution is 2.30. The third-order valence-electron chi connectivity index (χ3n) is 7.83. The van der Waals surface area contributed by atoms with E-state index in [0.717, 1.165) is 34.5 Å². The minimum atomic E-state index is 0.256. The summed E-state index contributed by atoms with van der Waals surface area (Å²) in [6.07, 6.45) is 20.3. The molecule has 0 radical (unpaired) electrons. The summed E-state index contributed by atoms with van der Waals surface area (Å²) in [5.41, 5.74) is 0. The van der Waals surface area contributed by atoms with Crippen LogP contribution in [0.15, 0.2) is 0 Å². The summed E-state index contributed by atoms with van der Waals surface area (Å²) in [5.74, 6) is 3.10. The molecule has 2 rings (SSSR count). The quantitative estimate of drug-likeness (QED) is 0.298. The predicted molar refractivity (Wildman–Crippen MR) is 135 cm³/mol. The van der Waals surface area contributed by atoms with Crippen LogP contribution in [0.2, 0.25) is 0 Å². The minimum Gasteiger partial charge on any atom is -0.353 e. The van der Waals surface area contributed by atoms with Gasteiger partial charge in [0.25, 0.3) is 0 Å². The molecule has 6 atom stereocenters. The van der Waals surface area contributed by atoms with Gasteiger partial charge in [-0.1, -0.05) is 108 Å². The van der Waals surface area contributed by atoms with Crippen LogP contribution < -0.4 is 5.32 Å². The van der Waals surface area contributed by atoms with Gasteiger partial charge in [-0.3, -0.25) is 4.79 Å². The lowest BCUT2D eigenvalue weighted by atomic mass is 9.87. The molecule has 0 aromatic carbocycles. The average molecular weight is 518 g/mol. The highest BCUT2D eigenvalue weighted by molar-refractivity contribution is 14.1. The van der Waals surface area contributed by atoms with E-state index in [1.807, 2.05) is 0 Å². The maximum absolute atomic E-state index is 13.2. The largest absolute Gasteiger partial charge is 0.353 e. The topological polar surface area (TPSA) is 29.1 Å². The van der Waals surface area contributed by atoms with Gasteiger partial charge in [-0.05, 0) is 56.3 Å². The number of hydrogen-bond donors (Lipinski definition) is 1. The van der Waals surface area contributed by atoms with Gasteiger partial charge in [0, 0.05) is 15.9 Å². The molecule has 0 aromatic rings. The summed E-state index contributed by atoms with van der Waals surface area (Å²) >= 11 is 2.65. The maximum Gasteiger partial charge on any atom is 0.223 e. The smallest absolute Gasteiger partial charge is 0.223 e. The summed E-state index contributed by atoms with van der Waals surface area (Å²) < 4.78 is 0.818. The normalized spacial score (nSPS) is 36.6. The van der Waals surface area contributed by atoms with Crippen LogP contribution >= 0.6 is 22.6 Å². The van der Waals surface area contributed by atoms with Crippen molar-refractivity contribution in [1.29, 1.82) is 0 Å². The number of nitrogens with one attached hydrogen (secondary N) is 1. The van der Waals surface area contributed by atoms with E-state index in [4.69, 9.17) is 0 Å². The van der Waals surface area contributed by atoms with E-state index < -0.39 is 0 Å². The average Bonchev–Trinajstić information content (AvgIpc) is 2.74. The first-order chi connectivity index (χ1) is 14.0. The molecule has 0 spiro atoms. The molecule has 2 saturated carbocycles. The molecular formula is C26H48INO. The summed E-state index contributed by atoms with van der Waals surface area (Å²) in [4.78, 5) is 13.2. The Morgan fingerprint density at radius 2 is 1.45 bits per heavy atom. The molecule has 1 amide bonds. The van der Waals surface area contributed by atoms with Gasteiger partial charge < -0.3 is 5.32 Å². The Balaban J connectivity index is 1.91. The number of alkyl halides is 1. The van der Waals surface area contributed by atoms with Gasteiger partial charge in [0.1, 0.15) is 0 Å². The highest BCUT2D eigenvalue weighted by atomic mass is 127. The molecule has 2 aliphatic rings. The molecule has 0 bridgehead atoms. The van der Waals surface area contributed by atoms with Gasteiger partial charge in [-0.25, -0.2) is 0 Å². The Morgan fingerprint density at radius 1 is 0.828 bits per heavy atom. The Kier molecular flexibility index (Phi) is 12.6. The van der Waals surface area contributed by atoms with Crippen LogP contribution in [-0.4, -0.2) is 15.9 Å². The standard InChI is InChI=1S/C26H48INO/c1-4-22-14-9-12-20(2)11-5-7-17-24(19-22)28-26(29)23-15-6-8-18-25(27)21(3)13-10-16-23/h20-25H,4-19H2,1-3H3,(H,28,29)/t20?,21?,22-,23?,24?,25?/m1/s1. The zero-order valence-electron chi connectivity index (χ0n) is 19.6. The predicted octanol–water partition coefficient (Wildman–Crippen LogP) is 8.07. The molecule has 0 aromatic heterocycles. The Morgan fingerprint density at radius 3 is 2.24 bits per heavy atom. The Bertz CT molecular complexity index is 454. The van der Waals surface area contributed by atoms with Gasteiger partial charge in [-0.15, -0.1) is 0 Å². The van der Waals surface area contributed by atoms with E-state index in [2.05, 4.69) is 48.7 Å². The second-order valence-electron chi connectivity index (χ2n) is 10.4. The third-order valence-corrected chi connectivity index (χ3v) is 9.68. The van der Waals surface area contributed by atoms with Crippen molar-refractivity contribution in [3.05, 3.63) is 0 Å². The number of hydrogen-bond acceptors (Lipinski definition) is 1. The highest BCUT2D eigenvalue weighted by Gasteiger charge is 2.25. The van der Waals surface area contributed by atoms with Crippen molar-refractivity contribution in [3.8, 4) is 0 Å². The molecule has 3 heteroatoms. The fourth-order valence-corrected chi connectivity index (χ4v) is 6.33. The summed E-state index contributed by atoms with van der Waals surface area (Å²) in [7, 11) is 0. The lowest BCUT2D eigenvalue weighted by Crippen LogP contribution is -2.40. The lowest BCUT2D eigenvalue weighted by Gasteiger charge is -2.27. The van der Waals surface area contributed by atoms with Crippen molar-refractivity contribution in [2.75, 3.05) is 0 Å². The van der Waals surface area contributed by atoms with Gasteiger partial charge >= 0.3 is 0 Å². The molecule has 0 saturated heterocycles. The number of carbonyl (C=O) groups is 1. The van der Waals surface area contributed by atoms with Crippen LogP contribution in [0.5, 0.6) is 0 Å². The van der Waals surface area contributed by atoms with Crippen molar-refractivity contribution in [1.82, 2.24) is 5.32 Å².